The average molecular weight is 320 g/mol. The van der Waals surface area contributed by atoms with Gasteiger partial charge in [-0.2, -0.15) is 5.10 Å². The number of hydrogen-bond donors (Lipinski definition) is 2. The van der Waals surface area contributed by atoms with Crippen LogP contribution in [0, 0.1) is 0 Å². The van der Waals surface area contributed by atoms with Crippen LogP contribution < -0.4 is 15.7 Å². The van der Waals surface area contributed by atoms with Gasteiger partial charge in [0.2, 0.25) is 5.95 Å². The maximum Gasteiger partial charge on any atom is 0.252 e. The Kier molecular flexibility index (Phi) is 4.67. The maximum absolute atomic E-state index is 11.8. The van der Waals surface area contributed by atoms with E-state index in [1.165, 1.54) is 6.07 Å². The Morgan fingerprint density at radius 3 is 2.58 bits per heavy atom. The molecular weight excluding hydrogens is 304 g/mol. The van der Waals surface area contributed by atoms with Gasteiger partial charge < -0.3 is 4.74 Å². The maximum atomic E-state index is 11.8. The van der Waals surface area contributed by atoms with Crippen molar-refractivity contribution in [2.24, 2.45) is 5.10 Å². The largest absolute Gasteiger partial charge is 0.497 e. The van der Waals surface area contributed by atoms with Crippen LogP contribution in [-0.2, 0) is 0 Å². The molecule has 0 saturated carbocycles. The molecule has 0 bridgehead atoms. The molecule has 0 spiro atoms. The van der Waals surface area contributed by atoms with Gasteiger partial charge in [-0.25, -0.2) is 10.4 Å². The Labute approximate surface area is 138 Å². The Balaban J connectivity index is 1.76. The zero-order chi connectivity index (χ0) is 16.8. The molecule has 3 rings (SSSR count). The van der Waals surface area contributed by atoms with Gasteiger partial charge in [0.05, 0.1) is 19.0 Å². The molecule has 0 atom stereocenters. The molecule has 1 heterocycles. The number of aromatic amines is 1. The van der Waals surface area contributed by atoms with Crippen molar-refractivity contribution in [2.75, 3.05) is 12.5 Å². The van der Waals surface area contributed by atoms with E-state index in [1.54, 1.807) is 13.3 Å². The van der Waals surface area contributed by atoms with Crippen LogP contribution in [0.1, 0.15) is 5.56 Å². The highest BCUT2D eigenvalue weighted by Gasteiger charge is 2.02. The highest BCUT2D eigenvalue weighted by molar-refractivity contribution is 5.80. The van der Waals surface area contributed by atoms with Gasteiger partial charge in [0.25, 0.3) is 5.56 Å². The molecule has 3 aromatic rings. The molecule has 2 N–H and O–H groups in total. The SMILES string of the molecule is COc1ccc(/C=N/Nc2nc(-c3ccccc3)cc(=O)[nH]2)cc1. The molecule has 120 valence electrons. The number of aromatic nitrogens is 2. The molecule has 6 heteroatoms. The molecule has 0 unspecified atom stereocenters. The van der Waals surface area contributed by atoms with E-state index in [-0.39, 0.29) is 11.5 Å². The predicted octanol–water partition coefficient (Wildman–Crippen LogP) is 2.89. The van der Waals surface area contributed by atoms with Gasteiger partial charge in [-0.1, -0.05) is 30.3 Å². The van der Waals surface area contributed by atoms with Gasteiger partial charge in [0.1, 0.15) is 5.75 Å². The van der Waals surface area contributed by atoms with Crippen molar-refractivity contribution in [3.63, 3.8) is 0 Å². The fourth-order valence-corrected chi connectivity index (χ4v) is 2.13. The van der Waals surface area contributed by atoms with Crippen molar-refractivity contribution in [3.8, 4) is 17.0 Å². The van der Waals surface area contributed by atoms with Gasteiger partial charge >= 0.3 is 0 Å². The number of rotatable bonds is 5. The summed E-state index contributed by atoms with van der Waals surface area (Å²) < 4.78 is 5.10. The molecule has 0 aliphatic carbocycles. The predicted molar refractivity (Wildman–Crippen MR) is 94.5 cm³/mol. The third kappa shape index (κ3) is 3.86. The van der Waals surface area contributed by atoms with Gasteiger partial charge in [-0.15, -0.1) is 0 Å². The monoisotopic (exact) mass is 320 g/mol. The van der Waals surface area contributed by atoms with Crippen LogP contribution in [0.5, 0.6) is 5.75 Å². The average Bonchev–Trinajstić information content (AvgIpc) is 2.63. The van der Waals surface area contributed by atoms with Crippen molar-refractivity contribution in [3.05, 3.63) is 76.6 Å². The lowest BCUT2D eigenvalue weighted by Crippen LogP contribution is -2.10. The number of hydrogen-bond acceptors (Lipinski definition) is 5. The number of methoxy groups -OCH3 is 1. The van der Waals surface area contributed by atoms with Crippen LogP contribution in [0.4, 0.5) is 5.95 Å². The van der Waals surface area contributed by atoms with Crippen molar-refractivity contribution in [1.82, 2.24) is 9.97 Å². The first kappa shape index (κ1) is 15.5. The fourth-order valence-electron chi connectivity index (χ4n) is 2.13. The number of hydrazone groups is 1. The van der Waals surface area contributed by atoms with E-state index < -0.39 is 0 Å². The summed E-state index contributed by atoms with van der Waals surface area (Å²) in [5.41, 5.74) is 4.84. The number of H-pyrrole nitrogens is 1. The third-order valence-electron chi connectivity index (χ3n) is 3.31. The van der Waals surface area contributed by atoms with E-state index in [0.717, 1.165) is 16.9 Å². The topological polar surface area (TPSA) is 79.4 Å². The summed E-state index contributed by atoms with van der Waals surface area (Å²) in [5, 5.41) is 4.09. The molecule has 0 aliphatic heterocycles. The summed E-state index contributed by atoms with van der Waals surface area (Å²) in [6, 6.07) is 18.4. The molecule has 0 amide bonds. The van der Waals surface area contributed by atoms with Gasteiger partial charge in [0.15, 0.2) is 0 Å². The number of nitrogens with zero attached hydrogens (tertiary/aromatic N) is 2. The van der Waals surface area contributed by atoms with Crippen molar-refractivity contribution >= 4 is 12.2 Å². The lowest BCUT2D eigenvalue weighted by atomic mass is 10.1. The highest BCUT2D eigenvalue weighted by Crippen LogP contribution is 2.15. The minimum Gasteiger partial charge on any atom is -0.497 e. The van der Waals surface area contributed by atoms with Crippen LogP contribution in [0.3, 0.4) is 0 Å². The van der Waals surface area contributed by atoms with E-state index in [0.29, 0.717) is 5.69 Å². The molecule has 0 saturated heterocycles. The molecule has 2 aromatic carbocycles. The quantitative estimate of drug-likeness (QED) is 0.559. The molecule has 24 heavy (non-hydrogen) atoms. The second-order valence-corrected chi connectivity index (χ2v) is 4.99. The van der Waals surface area contributed by atoms with E-state index in [1.807, 2.05) is 54.6 Å². The zero-order valence-corrected chi connectivity index (χ0v) is 13.1. The van der Waals surface area contributed by atoms with Gasteiger partial charge in [-0.05, 0) is 29.8 Å². The Hall–Kier alpha value is -3.41. The first-order valence-electron chi connectivity index (χ1n) is 7.34. The van der Waals surface area contributed by atoms with Crippen molar-refractivity contribution in [2.45, 2.75) is 0 Å². The van der Waals surface area contributed by atoms with Crippen LogP contribution in [0.2, 0.25) is 0 Å². The van der Waals surface area contributed by atoms with E-state index in [9.17, 15) is 4.79 Å². The van der Waals surface area contributed by atoms with Gasteiger partial charge in [-0.3, -0.25) is 9.78 Å². The van der Waals surface area contributed by atoms with E-state index in [4.69, 9.17) is 4.74 Å². The molecule has 0 radical (unpaired) electrons. The molecule has 0 fully saturated rings. The summed E-state index contributed by atoms with van der Waals surface area (Å²) in [4.78, 5) is 18.8. The van der Waals surface area contributed by atoms with E-state index in [2.05, 4.69) is 20.5 Å². The van der Waals surface area contributed by atoms with Crippen LogP contribution in [-0.4, -0.2) is 23.3 Å². The summed E-state index contributed by atoms with van der Waals surface area (Å²) in [7, 11) is 1.62. The van der Waals surface area contributed by atoms with Crippen molar-refractivity contribution < 1.29 is 4.74 Å². The number of ether oxygens (including phenoxy) is 1. The summed E-state index contributed by atoms with van der Waals surface area (Å²) in [6.45, 7) is 0. The Morgan fingerprint density at radius 2 is 1.88 bits per heavy atom. The number of benzene rings is 2. The zero-order valence-electron chi connectivity index (χ0n) is 13.1. The van der Waals surface area contributed by atoms with Gasteiger partial charge in [0, 0.05) is 11.6 Å². The normalized spacial score (nSPS) is 10.7. The second kappa shape index (κ2) is 7.23. The Bertz CT molecular complexity index is 887. The standard InChI is InChI=1S/C18H16N4O2/c1-24-15-9-7-13(8-10-15)12-19-22-18-20-16(11-17(23)21-18)14-5-3-2-4-6-14/h2-12H,1H3,(H2,20,21,22,23)/b19-12+. The van der Waals surface area contributed by atoms with E-state index >= 15 is 0 Å². The van der Waals surface area contributed by atoms with Crippen molar-refractivity contribution in [1.29, 1.82) is 0 Å². The molecule has 6 nitrogen and oxygen atoms in total. The third-order valence-corrected chi connectivity index (χ3v) is 3.31. The molecular formula is C18H16N4O2. The lowest BCUT2D eigenvalue weighted by molar-refractivity contribution is 0.415. The van der Waals surface area contributed by atoms with Crippen LogP contribution >= 0.6 is 0 Å². The summed E-state index contributed by atoms with van der Waals surface area (Å²) >= 11 is 0. The Morgan fingerprint density at radius 1 is 1.12 bits per heavy atom. The first-order valence-corrected chi connectivity index (χ1v) is 7.34. The van der Waals surface area contributed by atoms with Crippen LogP contribution in [0.25, 0.3) is 11.3 Å². The minimum absolute atomic E-state index is 0.244. The lowest BCUT2D eigenvalue weighted by Gasteiger charge is -2.03. The smallest absolute Gasteiger partial charge is 0.252 e. The second-order valence-electron chi connectivity index (χ2n) is 4.99. The molecule has 0 aliphatic rings. The highest BCUT2D eigenvalue weighted by atomic mass is 16.5. The summed E-state index contributed by atoms with van der Waals surface area (Å²) in [5.74, 6) is 1.06. The molecule has 1 aromatic heterocycles. The summed E-state index contributed by atoms with van der Waals surface area (Å²) in [6.07, 6.45) is 1.63. The first-order chi connectivity index (χ1) is 11.7. The fraction of sp³-hybridized carbons (Fsp3) is 0.0556. The number of anilines is 1. The van der Waals surface area contributed by atoms with Crippen LogP contribution in [0.15, 0.2) is 70.6 Å². The minimum atomic E-state index is -0.244. The number of nitrogens with one attached hydrogen (secondary N) is 2.